The average Bonchev–Trinajstić information content (AvgIpc) is 2.78. The molecule has 0 aromatic carbocycles. The highest BCUT2D eigenvalue weighted by Crippen LogP contribution is 2.26. The molecule has 106 valence electrons. The fraction of sp³-hybridized carbons (Fsp3) is 0.545. The molecule has 5 nitrogen and oxygen atoms in total. The van der Waals surface area contributed by atoms with Gasteiger partial charge >= 0.3 is 0 Å². The Labute approximate surface area is 125 Å². The lowest BCUT2D eigenvalue weighted by molar-refractivity contribution is 0.0916. The van der Waals surface area contributed by atoms with Crippen LogP contribution in [0.5, 0.6) is 0 Å². The molecule has 1 aromatic rings. The van der Waals surface area contributed by atoms with E-state index in [1.54, 1.807) is 7.11 Å². The molecule has 1 aliphatic carbocycles. The van der Waals surface area contributed by atoms with E-state index in [-0.39, 0.29) is 22.2 Å². The number of aromatic nitrogens is 1. The number of nitrogens with zero attached hydrogens (tertiary/aromatic N) is 1. The maximum Gasteiger partial charge on any atom is 0.244 e. The Morgan fingerprint density at radius 2 is 2.26 bits per heavy atom. The van der Waals surface area contributed by atoms with Gasteiger partial charge in [0.1, 0.15) is 10.0 Å². The molecule has 0 saturated heterocycles. The van der Waals surface area contributed by atoms with E-state index in [1.807, 2.05) is 0 Å². The summed E-state index contributed by atoms with van der Waals surface area (Å²) in [6, 6.07) is 1.22. The third-order valence-electron chi connectivity index (χ3n) is 3.12. The summed E-state index contributed by atoms with van der Waals surface area (Å²) >= 11 is 9.04. The zero-order chi connectivity index (χ0) is 14.0. The van der Waals surface area contributed by atoms with Crippen molar-refractivity contribution in [3.8, 4) is 0 Å². The molecule has 1 fully saturated rings. The highest BCUT2D eigenvalue weighted by atomic mass is 79.9. The monoisotopic (exact) mass is 368 g/mol. The predicted molar refractivity (Wildman–Crippen MR) is 75.7 cm³/mol. The van der Waals surface area contributed by atoms with Gasteiger partial charge in [-0.2, -0.15) is 0 Å². The zero-order valence-corrected chi connectivity index (χ0v) is 13.4. The molecule has 0 radical (unpaired) electrons. The average molecular weight is 370 g/mol. The standard InChI is InChI=1S/C11H14BrClN2O3S/c1-18-9-4-2-3-8(9)15-19(16,17)10-5-7(12)6-14-11(10)13/h5-6,8-9,15H,2-4H2,1H3. The van der Waals surface area contributed by atoms with Crippen LogP contribution < -0.4 is 4.72 Å². The molecule has 0 spiro atoms. The molecular formula is C11H14BrClN2O3S. The summed E-state index contributed by atoms with van der Waals surface area (Å²) in [6.07, 6.45) is 3.92. The van der Waals surface area contributed by atoms with E-state index in [0.29, 0.717) is 4.47 Å². The molecule has 0 aliphatic heterocycles. The number of ether oxygens (including phenoxy) is 1. The highest BCUT2D eigenvalue weighted by Gasteiger charge is 2.32. The number of halogens is 2. The molecule has 0 bridgehead atoms. The van der Waals surface area contributed by atoms with Gasteiger partial charge in [0.25, 0.3) is 0 Å². The summed E-state index contributed by atoms with van der Waals surface area (Å²) in [7, 11) is -2.11. The summed E-state index contributed by atoms with van der Waals surface area (Å²) < 4.78 is 33.1. The molecular weight excluding hydrogens is 356 g/mol. The second-order valence-electron chi connectivity index (χ2n) is 4.38. The zero-order valence-electron chi connectivity index (χ0n) is 10.3. The number of hydrogen-bond donors (Lipinski definition) is 1. The Kier molecular flexibility index (Phi) is 4.84. The van der Waals surface area contributed by atoms with Crippen molar-refractivity contribution in [2.45, 2.75) is 36.3 Å². The van der Waals surface area contributed by atoms with Gasteiger partial charge in [-0.25, -0.2) is 18.1 Å². The van der Waals surface area contributed by atoms with Crippen LogP contribution in [-0.4, -0.2) is 32.7 Å². The van der Waals surface area contributed by atoms with Gasteiger partial charge < -0.3 is 4.74 Å². The molecule has 2 unspecified atom stereocenters. The number of nitrogens with one attached hydrogen (secondary N) is 1. The van der Waals surface area contributed by atoms with Crippen LogP contribution in [-0.2, 0) is 14.8 Å². The third kappa shape index (κ3) is 3.46. The molecule has 0 amide bonds. The van der Waals surface area contributed by atoms with Gasteiger partial charge in [0.05, 0.1) is 6.10 Å². The van der Waals surface area contributed by atoms with Crippen molar-refractivity contribution >= 4 is 37.6 Å². The van der Waals surface area contributed by atoms with Crippen molar-refractivity contribution in [1.82, 2.24) is 9.71 Å². The van der Waals surface area contributed by atoms with Crippen LogP contribution in [0.3, 0.4) is 0 Å². The molecule has 2 rings (SSSR count). The Bertz CT molecular complexity index is 567. The Morgan fingerprint density at radius 1 is 1.53 bits per heavy atom. The first kappa shape index (κ1) is 15.2. The van der Waals surface area contributed by atoms with Crippen molar-refractivity contribution in [1.29, 1.82) is 0 Å². The number of pyridine rings is 1. The minimum Gasteiger partial charge on any atom is -0.380 e. The summed E-state index contributed by atoms with van der Waals surface area (Å²) in [5, 5.41) is -0.0392. The molecule has 1 aromatic heterocycles. The van der Waals surface area contributed by atoms with Gasteiger partial charge in [0, 0.05) is 23.8 Å². The van der Waals surface area contributed by atoms with Gasteiger partial charge in [-0.3, -0.25) is 0 Å². The lowest BCUT2D eigenvalue weighted by atomic mass is 10.2. The second kappa shape index (κ2) is 6.05. The quantitative estimate of drug-likeness (QED) is 0.827. The van der Waals surface area contributed by atoms with Gasteiger partial charge in [0.2, 0.25) is 10.0 Å². The highest BCUT2D eigenvalue weighted by molar-refractivity contribution is 9.10. The van der Waals surface area contributed by atoms with E-state index in [9.17, 15) is 8.42 Å². The largest absolute Gasteiger partial charge is 0.380 e. The molecule has 2 atom stereocenters. The minimum absolute atomic E-state index is 0.0229. The molecule has 1 aliphatic rings. The Balaban J connectivity index is 2.25. The van der Waals surface area contributed by atoms with E-state index in [4.69, 9.17) is 16.3 Å². The van der Waals surface area contributed by atoms with Crippen LogP contribution >= 0.6 is 27.5 Å². The molecule has 1 heterocycles. The SMILES string of the molecule is COC1CCCC1NS(=O)(=O)c1cc(Br)cnc1Cl. The summed E-state index contributed by atoms with van der Waals surface area (Å²) in [4.78, 5) is 3.80. The summed E-state index contributed by atoms with van der Waals surface area (Å²) in [6.45, 7) is 0. The van der Waals surface area contributed by atoms with Crippen molar-refractivity contribution in [2.24, 2.45) is 0 Å². The summed E-state index contributed by atoms with van der Waals surface area (Å²) in [5.41, 5.74) is 0. The van der Waals surface area contributed by atoms with Gasteiger partial charge in [-0.15, -0.1) is 0 Å². The van der Waals surface area contributed by atoms with Crippen LogP contribution in [0.1, 0.15) is 19.3 Å². The lowest BCUT2D eigenvalue weighted by Crippen LogP contribution is -2.40. The van der Waals surface area contributed by atoms with Crippen molar-refractivity contribution < 1.29 is 13.2 Å². The van der Waals surface area contributed by atoms with Crippen molar-refractivity contribution in [3.05, 3.63) is 21.9 Å². The molecule has 1 N–H and O–H groups in total. The fourth-order valence-electron chi connectivity index (χ4n) is 2.20. The van der Waals surface area contributed by atoms with Gasteiger partial charge in [-0.05, 0) is 41.3 Å². The van der Waals surface area contributed by atoms with Crippen LogP contribution in [0.4, 0.5) is 0 Å². The number of rotatable bonds is 4. The van der Waals surface area contributed by atoms with Crippen molar-refractivity contribution in [2.75, 3.05) is 7.11 Å². The Morgan fingerprint density at radius 3 is 2.95 bits per heavy atom. The normalized spacial score (nSPS) is 23.7. The van der Waals surface area contributed by atoms with Crippen LogP contribution in [0, 0.1) is 0 Å². The van der Waals surface area contributed by atoms with E-state index in [2.05, 4.69) is 25.6 Å². The predicted octanol–water partition coefficient (Wildman–Crippen LogP) is 2.34. The van der Waals surface area contributed by atoms with E-state index < -0.39 is 10.0 Å². The molecule has 8 heteroatoms. The topological polar surface area (TPSA) is 68.3 Å². The fourth-order valence-corrected chi connectivity index (χ4v) is 4.44. The maximum atomic E-state index is 12.3. The van der Waals surface area contributed by atoms with E-state index in [0.717, 1.165) is 19.3 Å². The first-order valence-electron chi connectivity index (χ1n) is 5.80. The van der Waals surface area contributed by atoms with Crippen LogP contribution in [0.2, 0.25) is 5.15 Å². The minimum atomic E-state index is -3.69. The smallest absolute Gasteiger partial charge is 0.244 e. The van der Waals surface area contributed by atoms with E-state index in [1.165, 1.54) is 12.3 Å². The van der Waals surface area contributed by atoms with Gasteiger partial charge in [0.15, 0.2) is 0 Å². The molecule has 1 saturated carbocycles. The Hall–Kier alpha value is -0.210. The first-order valence-corrected chi connectivity index (χ1v) is 8.45. The number of hydrogen-bond acceptors (Lipinski definition) is 4. The summed E-state index contributed by atoms with van der Waals surface area (Å²) in [5.74, 6) is 0. The lowest BCUT2D eigenvalue weighted by Gasteiger charge is -2.19. The van der Waals surface area contributed by atoms with Crippen molar-refractivity contribution in [3.63, 3.8) is 0 Å². The number of methoxy groups -OCH3 is 1. The van der Waals surface area contributed by atoms with Crippen LogP contribution in [0.15, 0.2) is 21.6 Å². The first-order chi connectivity index (χ1) is 8.94. The maximum absolute atomic E-state index is 12.3. The van der Waals surface area contributed by atoms with Gasteiger partial charge in [-0.1, -0.05) is 11.6 Å². The van der Waals surface area contributed by atoms with E-state index >= 15 is 0 Å². The second-order valence-corrected chi connectivity index (χ2v) is 7.33. The van der Waals surface area contributed by atoms with Crippen LogP contribution in [0.25, 0.3) is 0 Å². The number of sulfonamides is 1. The molecule has 19 heavy (non-hydrogen) atoms. The third-order valence-corrected chi connectivity index (χ3v) is 5.48.